The van der Waals surface area contributed by atoms with Crippen LogP contribution in [-0.4, -0.2) is 16.3 Å². The zero-order chi connectivity index (χ0) is 40.5. The fraction of sp³-hybridized carbons (Fsp3) is 0.208. The molecule has 0 spiro atoms. The predicted molar refractivity (Wildman–Crippen MR) is 248 cm³/mol. The summed E-state index contributed by atoms with van der Waals surface area (Å²) in [5.41, 5.74) is 13.0. The number of para-hydroxylation sites is 1. The molecule has 0 aliphatic rings. The molecule has 0 amide bonds. The zero-order valence-corrected chi connectivity index (χ0v) is 35.3. The van der Waals surface area contributed by atoms with Gasteiger partial charge in [0.15, 0.2) is 0 Å². The average molecular weight is 777 g/mol. The predicted octanol–water partition coefficient (Wildman–Crippen LogP) is 15.5. The third kappa shape index (κ3) is 6.67. The standard InChI is InChI=1S/C53H48N2O2S/c1-31(2)32-17-19-34(20-18-32)38-24-25-40(50-47(38)41-15-11-12-16-45(41)57-50)43-28-37(53(6,7)8)29-46-49(43)55-51(58-46)42-23-21-33-13-9-10-14-39(33)48(42)54-30-35-27-36(52(3,4)5)22-26-44(35)56/h9-31,56H,1-8H3. The van der Waals surface area contributed by atoms with E-state index in [1.807, 2.05) is 18.2 Å². The Kier molecular flexibility index (Phi) is 9.13. The van der Waals surface area contributed by atoms with E-state index >= 15 is 0 Å². The molecule has 0 radical (unpaired) electrons. The second-order valence-corrected chi connectivity index (χ2v) is 18.9. The second kappa shape index (κ2) is 14.1. The SMILES string of the molecule is CC(C)c1ccc(-c2ccc(-c3cc(C(C)(C)C)cc4sc(-c5ccc6ccccc6c5N=Cc5cc(C(C)(C)C)ccc5O)nc34)c3oc4ccccc4c23)cc1. The number of nitrogens with zero attached hydrogens (tertiary/aromatic N) is 2. The Hall–Kier alpha value is -6.04. The molecule has 0 aliphatic heterocycles. The average Bonchev–Trinajstić information content (AvgIpc) is 3.81. The van der Waals surface area contributed by atoms with Gasteiger partial charge in [0.05, 0.1) is 15.9 Å². The van der Waals surface area contributed by atoms with Gasteiger partial charge in [-0.3, -0.25) is 4.99 Å². The fourth-order valence-electron chi connectivity index (χ4n) is 7.94. The number of hydrogen-bond acceptors (Lipinski definition) is 5. The highest BCUT2D eigenvalue weighted by Crippen LogP contribution is 2.47. The molecule has 0 bridgehead atoms. The van der Waals surface area contributed by atoms with Crippen LogP contribution in [0.15, 0.2) is 137 Å². The molecule has 0 atom stereocenters. The van der Waals surface area contributed by atoms with Gasteiger partial charge in [-0.2, -0.15) is 0 Å². The van der Waals surface area contributed by atoms with Gasteiger partial charge in [0.25, 0.3) is 0 Å². The lowest BCUT2D eigenvalue weighted by Gasteiger charge is -2.20. The van der Waals surface area contributed by atoms with Crippen LogP contribution in [0.25, 0.3) is 75.8 Å². The number of fused-ring (bicyclic) bond motifs is 5. The Labute approximate surface area is 344 Å². The van der Waals surface area contributed by atoms with Gasteiger partial charge < -0.3 is 9.52 Å². The number of benzene rings is 7. The topological polar surface area (TPSA) is 58.6 Å². The molecule has 2 heterocycles. The molecule has 0 aliphatic carbocycles. The van der Waals surface area contributed by atoms with Gasteiger partial charge in [-0.1, -0.05) is 140 Å². The van der Waals surface area contributed by atoms with E-state index in [2.05, 4.69) is 159 Å². The molecular formula is C53H48N2O2S. The van der Waals surface area contributed by atoms with Crippen LogP contribution in [0.3, 0.4) is 0 Å². The minimum Gasteiger partial charge on any atom is -0.507 e. The van der Waals surface area contributed by atoms with Crippen LogP contribution >= 0.6 is 11.3 Å². The van der Waals surface area contributed by atoms with Crippen LogP contribution in [0, 0.1) is 0 Å². The molecule has 0 unspecified atom stereocenters. The second-order valence-electron chi connectivity index (χ2n) is 17.8. The summed E-state index contributed by atoms with van der Waals surface area (Å²) in [5, 5.41) is 16.1. The van der Waals surface area contributed by atoms with E-state index in [0.29, 0.717) is 11.5 Å². The van der Waals surface area contributed by atoms with Crippen molar-refractivity contribution in [3.05, 3.63) is 150 Å². The van der Waals surface area contributed by atoms with E-state index < -0.39 is 0 Å². The van der Waals surface area contributed by atoms with Gasteiger partial charge in [-0.15, -0.1) is 11.3 Å². The molecule has 7 aromatic carbocycles. The molecule has 9 rings (SSSR count). The molecule has 2 aromatic heterocycles. The summed E-state index contributed by atoms with van der Waals surface area (Å²) >= 11 is 1.69. The molecule has 58 heavy (non-hydrogen) atoms. The van der Waals surface area contributed by atoms with Crippen molar-refractivity contribution in [3.8, 4) is 38.6 Å². The minimum atomic E-state index is -0.111. The Bertz CT molecular complexity index is 3060. The molecule has 4 nitrogen and oxygen atoms in total. The maximum Gasteiger partial charge on any atom is 0.143 e. The quantitative estimate of drug-likeness (QED) is 0.171. The maximum atomic E-state index is 10.9. The van der Waals surface area contributed by atoms with Gasteiger partial charge >= 0.3 is 0 Å². The molecule has 0 saturated heterocycles. The monoisotopic (exact) mass is 776 g/mol. The van der Waals surface area contributed by atoms with Crippen molar-refractivity contribution in [2.75, 3.05) is 0 Å². The van der Waals surface area contributed by atoms with E-state index in [1.165, 1.54) is 16.7 Å². The smallest absolute Gasteiger partial charge is 0.143 e. The van der Waals surface area contributed by atoms with Crippen molar-refractivity contribution in [1.29, 1.82) is 0 Å². The van der Waals surface area contributed by atoms with Gasteiger partial charge in [0.1, 0.15) is 21.9 Å². The van der Waals surface area contributed by atoms with Crippen LogP contribution in [0.2, 0.25) is 0 Å². The molecule has 1 N–H and O–H groups in total. The number of aromatic nitrogens is 1. The van der Waals surface area contributed by atoms with E-state index in [4.69, 9.17) is 14.4 Å². The fourth-order valence-corrected chi connectivity index (χ4v) is 8.99. The molecule has 9 aromatic rings. The third-order valence-corrected chi connectivity index (χ3v) is 12.5. The van der Waals surface area contributed by atoms with E-state index in [9.17, 15) is 5.11 Å². The van der Waals surface area contributed by atoms with Crippen molar-refractivity contribution in [1.82, 2.24) is 4.98 Å². The van der Waals surface area contributed by atoms with Gasteiger partial charge in [-0.25, -0.2) is 4.98 Å². The highest BCUT2D eigenvalue weighted by Gasteiger charge is 2.25. The Balaban J connectivity index is 1.27. The summed E-state index contributed by atoms with van der Waals surface area (Å²) in [6.07, 6.45) is 1.79. The van der Waals surface area contributed by atoms with Crippen molar-refractivity contribution >= 4 is 66.2 Å². The van der Waals surface area contributed by atoms with Crippen LogP contribution in [0.5, 0.6) is 5.75 Å². The van der Waals surface area contributed by atoms with Gasteiger partial charge in [-0.05, 0) is 92.4 Å². The summed E-state index contributed by atoms with van der Waals surface area (Å²) in [6.45, 7) is 17.8. The van der Waals surface area contributed by atoms with Crippen molar-refractivity contribution in [3.63, 3.8) is 0 Å². The van der Waals surface area contributed by atoms with E-state index in [0.717, 1.165) is 81.4 Å². The van der Waals surface area contributed by atoms with Crippen LogP contribution in [0.4, 0.5) is 5.69 Å². The highest BCUT2D eigenvalue weighted by atomic mass is 32.1. The summed E-state index contributed by atoms with van der Waals surface area (Å²) in [5.74, 6) is 0.663. The summed E-state index contributed by atoms with van der Waals surface area (Å²) in [7, 11) is 0. The van der Waals surface area contributed by atoms with Gasteiger partial charge in [0, 0.05) is 44.6 Å². The first-order valence-electron chi connectivity index (χ1n) is 20.1. The number of phenolic OH excluding ortho intramolecular Hbond substituents is 1. The number of aliphatic imine (C=N–C) groups is 1. The van der Waals surface area contributed by atoms with Crippen molar-refractivity contribution < 1.29 is 9.52 Å². The van der Waals surface area contributed by atoms with Crippen molar-refractivity contribution in [2.45, 2.75) is 72.1 Å². The Morgan fingerprint density at radius 3 is 2.10 bits per heavy atom. The number of phenols is 1. The van der Waals surface area contributed by atoms with Crippen molar-refractivity contribution in [2.24, 2.45) is 4.99 Å². The highest BCUT2D eigenvalue weighted by molar-refractivity contribution is 7.21. The molecule has 0 saturated carbocycles. The van der Waals surface area contributed by atoms with Crippen LogP contribution < -0.4 is 0 Å². The third-order valence-electron chi connectivity index (χ3n) is 11.4. The molecular weight excluding hydrogens is 729 g/mol. The Morgan fingerprint density at radius 2 is 1.36 bits per heavy atom. The largest absolute Gasteiger partial charge is 0.507 e. The first-order chi connectivity index (χ1) is 27.7. The van der Waals surface area contributed by atoms with Crippen LogP contribution in [-0.2, 0) is 10.8 Å². The number of rotatable bonds is 6. The van der Waals surface area contributed by atoms with E-state index in [-0.39, 0.29) is 16.6 Å². The van der Waals surface area contributed by atoms with Crippen LogP contribution in [0.1, 0.15) is 83.6 Å². The normalized spacial score (nSPS) is 12.6. The number of aromatic hydroxyl groups is 1. The first-order valence-corrected chi connectivity index (χ1v) is 21.0. The summed E-state index contributed by atoms with van der Waals surface area (Å²) < 4.78 is 7.95. The number of thiazole rings is 1. The zero-order valence-electron chi connectivity index (χ0n) is 34.4. The molecule has 0 fully saturated rings. The molecule has 288 valence electrons. The lowest BCUT2D eigenvalue weighted by molar-refractivity contribution is 0.473. The lowest BCUT2D eigenvalue weighted by atomic mass is 9.84. The molecule has 5 heteroatoms. The number of furan rings is 1. The minimum absolute atomic E-state index is 0.0706. The summed E-state index contributed by atoms with van der Waals surface area (Å²) in [6, 6.07) is 44.8. The maximum absolute atomic E-state index is 10.9. The summed E-state index contributed by atoms with van der Waals surface area (Å²) in [4.78, 5) is 10.6. The first kappa shape index (κ1) is 37.5. The Morgan fingerprint density at radius 1 is 0.672 bits per heavy atom. The lowest BCUT2D eigenvalue weighted by Crippen LogP contribution is -2.11. The van der Waals surface area contributed by atoms with E-state index in [1.54, 1.807) is 23.6 Å². The number of hydrogen-bond donors (Lipinski definition) is 1. The van der Waals surface area contributed by atoms with Gasteiger partial charge in [0.2, 0.25) is 0 Å².